The van der Waals surface area contributed by atoms with Gasteiger partial charge in [-0.05, 0) is 35.9 Å². The van der Waals surface area contributed by atoms with E-state index < -0.39 is 0 Å². The molecule has 0 unspecified atom stereocenters. The SMILES string of the molecule is O=C(c1ccc2c(c1)OCCO2)N1CCN(Cc2ccc3c(c2)OCO3)CC1. The predicted molar refractivity (Wildman–Crippen MR) is 101 cm³/mol. The van der Waals surface area contributed by atoms with Crippen molar-refractivity contribution in [3.8, 4) is 23.0 Å². The van der Waals surface area contributed by atoms with E-state index in [1.807, 2.05) is 29.2 Å². The van der Waals surface area contributed by atoms with Gasteiger partial charge in [0.2, 0.25) is 6.79 Å². The molecule has 1 fully saturated rings. The summed E-state index contributed by atoms with van der Waals surface area (Å²) in [6.45, 7) is 5.28. The maximum Gasteiger partial charge on any atom is 0.254 e. The Morgan fingerprint density at radius 1 is 0.786 bits per heavy atom. The summed E-state index contributed by atoms with van der Waals surface area (Å²) in [6.07, 6.45) is 0. The smallest absolute Gasteiger partial charge is 0.254 e. The summed E-state index contributed by atoms with van der Waals surface area (Å²) < 4.78 is 21.9. The van der Waals surface area contributed by atoms with Crippen LogP contribution in [0.1, 0.15) is 15.9 Å². The van der Waals surface area contributed by atoms with Crippen molar-refractivity contribution < 1.29 is 23.7 Å². The fourth-order valence-electron chi connectivity index (χ4n) is 3.77. The summed E-state index contributed by atoms with van der Waals surface area (Å²) in [5, 5.41) is 0. The molecule has 0 aromatic heterocycles. The predicted octanol–water partition coefficient (Wildman–Crippen LogP) is 2.14. The van der Waals surface area contributed by atoms with Crippen LogP contribution in [0.3, 0.4) is 0 Å². The highest BCUT2D eigenvalue weighted by molar-refractivity contribution is 5.95. The molecule has 1 amide bonds. The Morgan fingerprint density at radius 3 is 2.32 bits per heavy atom. The molecule has 3 aliphatic rings. The average molecular weight is 382 g/mol. The number of carbonyl (C=O) groups is 1. The van der Waals surface area contributed by atoms with Gasteiger partial charge in [-0.2, -0.15) is 0 Å². The zero-order chi connectivity index (χ0) is 18.9. The van der Waals surface area contributed by atoms with Crippen LogP contribution < -0.4 is 18.9 Å². The molecule has 28 heavy (non-hydrogen) atoms. The van der Waals surface area contributed by atoms with Crippen LogP contribution in [0, 0.1) is 0 Å². The molecule has 0 radical (unpaired) electrons. The lowest BCUT2D eigenvalue weighted by Gasteiger charge is -2.35. The first-order chi connectivity index (χ1) is 13.8. The van der Waals surface area contributed by atoms with Gasteiger partial charge in [0.1, 0.15) is 13.2 Å². The fraction of sp³-hybridized carbons (Fsp3) is 0.381. The highest BCUT2D eigenvalue weighted by Crippen LogP contribution is 2.33. The number of hydrogen-bond acceptors (Lipinski definition) is 6. The molecule has 0 bridgehead atoms. The third-order valence-corrected chi connectivity index (χ3v) is 5.29. The Bertz CT molecular complexity index is 892. The first-order valence-electron chi connectivity index (χ1n) is 9.56. The number of hydrogen-bond donors (Lipinski definition) is 0. The van der Waals surface area contributed by atoms with Gasteiger partial charge in [0, 0.05) is 38.3 Å². The summed E-state index contributed by atoms with van der Waals surface area (Å²) in [5.74, 6) is 3.01. The second-order valence-electron chi connectivity index (χ2n) is 7.11. The van der Waals surface area contributed by atoms with Gasteiger partial charge in [-0.15, -0.1) is 0 Å². The molecule has 0 atom stereocenters. The van der Waals surface area contributed by atoms with Gasteiger partial charge in [0.15, 0.2) is 23.0 Å². The quantitative estimate of drug-likeness (QED) is 0.811. The molecule has 2 aromatic rings. The van der Waals surface area contributed by atoms with E-state index in [-0.39, 0.29) is 5.91 Å². The minimum absolute atomic E-state index is 0.0414. The highest BCUT2D eigenvalue weighted by Gasteiger charge is 2.24. The van der Waals surface area contributed by atoms with Crippen LogP contribution in [0.25, 0.3) is 0 Å². The maximum absolute atomic E-state index is 12.9. The molecule has 0 N–H and O–H groups in total. The van der Waals surface area contributed by atoms with Gasteiger partial charge in [-0.25, -0.2) is 0 Å². The number of fused-ring (bicyclic) bond motifs is 2. The van der Waals surface area contributed by atoms with E-state index in [4.69, 9.17) is 18.9 Å². The molecule has 7 nitrogen and oxygen atoms in total. The fourth-order valence-corrected chi connectivity index (χ4v) is 3.77. The van der Waals surface area contributed by atoms with Crippen molar-refractivity contribution in [3.63, 3.8) is 0 Å². The number of carbonyl (C=O) groups excluding carboxylic acids is 1. The maximum atomic E-state index is 12.9. The summed E-state index contributed by atoms with van der Waals surface area (Å²) in [6, 6.07) is 11.5. The van der Waals surface area contributed by atoms with E-state index in [0.717, 1.165) is 31.1 Å². The third kappa shape index (κ3) is 3.33. The topological polar surface area (TPSA) is 60.5 Å². The van der Waals surface area contributed by atoms with Gasteiger partial charge in [-0.1, -0.05) is 6.07 Å². The van der Waals surface area contributed by atoms with E-state index in [1.54, 1.807) is 6.07 Å². The van der Waals surface area contributed by atoms with Crippen molar-refractivity contribution in [1.29, 1.82) is 0 Å². The molecule has 3 heterocycles. The van der Waals surface area contributed by atoms with E-state index in [2.05, 4.69) is 11.0 Å². The molecule has 2 aromatic carbocycles. The van der Waals surface area contributed by atoms with E-state index in [9.17, 15) is 4.79 Å². The van der Waals surface area contributed by atoms with Crippen LogP contribution in [0.15, 0.2) is 36.4 Å². The summed E-state index contributed by atoms with van der Waals surface area (Å²) in [4.78, 5) is 17.1. The first-order valence-corrected chi connectivity index (χ1v) is 9.56. The van der Waals surface area contributed by atoms with Crippen LogP contribution >= 0.6 is 0 Å². The average Bonchev–Trinajstić information content (AvgIpc) is 3.21. The number of rotatable bonds is 3. The molecule has 146 valence electrons. The van der Waals surface area contributed by atoms with Crippen molar-refractivity contribution in [2.75, 3.05) is 46.2 Å². The number of ether oxygens (including phenoxy) is 4. The van der Waals surface area contributed by atoms with Crippen molar-refractivity contribution in [2.24, 2.45) is 0 Å². The Kier molecular flexibility index (Phi) is 4.44. The lowest BCUT2D eigenvalue weighted by atomic mass is 10.1. The first kappa shape index (κ1) is 17.2. The lowest BCUT2D eigenvalue weighted by molar-refractivity contribution is 0.0627. The molecule has 0 aliphatic carbocycles. The summed E-state index contributed by atoms with van der Waals surface area (Å²) in [7, 11) is 0. The zero-order valence-electron chi connectivity index (χ0n) is 15.6. The number of benzene rings is 2. The molecular weight excluding hydrogens is 360 g/mol. The van der Waals surface area contributed by atoms with Gasteiger partial charge in [0.05, 0.1) is 0 Å². The van der Waals surface area contributed by atoms with Crippen LogP contribution in [0.4, 0.5) is 0 Å². The summed E-state index contributed by atoms with van der Waals surface area (Å²) in [5.41, 5.74) is 1.84. The summed E-state index contributed by atoms with van der Waals surface area (Å²) >= 11 is 0. The second kappa shape index (κ2) is 7.24. The second-order valence-corrected chi connectivity index (χ2v) is 7.11. The monoisotopic (exact) mass is 382 g/mol. The molecular formula is C21H22N2O5. The largest absolute Gasteiger partial charge is 0.486 e. The van der Waals surface area contributed by atoms with Gasteiger partial charge in [-0.3, -0.25) is 9.69 Å². The number of amides is 1. The van der Waals surface area contributed by atoms with Crippen molar-refractivity contribution in [2.45, 2.75) is 6.54 Å². The van der Waals surface area contributed by atoms with E-state index >= 15 is 0 Å². The minimum Gasteiger partial charge on any atom is -0.486 e. The molecule has 1 saturated heterocycles. The van der Waals surface area contributed by atoms with Gasteiger partial charge >= 0.3 is 0 Å². The van der Waals surface area contributed by atoms with Crippen molar-refractivity contribution in [1.82, 2.24) is 9.80 Å². The van der Waals surface area contributed by atoms with E-state index in [1.165, 1.54) is 5.56 Å². The lowest BCUT2D eigenvalue weighted by Crippen LogP contribution is -2.48. The zero-order valence-corrected chi connectivity index (χ0v) is 15.6. The minimum atomic E-state index is 0.0414. The third-order valence-electron chi connectivity index (χ3n) is 5.29. The molecule has 3 aliphatic heterocycles. The Morgan fingerprint density at radius 2 is 1.46 bits per heavy atom. The van der Waals surface area contributed by atoms with Gasteiger partial charge < -0.3 is 23.8 Å². The van der Waals surface area contributed by atoms with Crippen LogP contribution in [0.2, 0.25) is 0 Å². The molecule has 0 spiro atoms. The van der Waals surface area contributed by atoms with Crippen molar-refractivity contribution in [3.05, 3.63) is 47.5 Å². The number of piperazine rings is 1. The normalized spacial score (nSPS) is 18.2. The van der Waals surface area contributed by atoms with Gasteiger partial charge in [0.25, 0.3) is 5.91 Å². The Labute approximate surface area is 163 Å². The number of nitrogens with zero attached hydrogens (tertiary/aromatic N) is 2. The molecule has 7 heteroatoms. The Balaban J connectivity index is 1.19. The van der Waals surface area contributed by atoms with Crippen LogP contribution in [-0.4, -0.2) is 61.9 Å². The highest BCUT2D eigenvalue weighted by atomic mass is 16.7. The van der Waals surface area contributed by atoms with Crippen LogP contribution in [-0.2, 0) is 6.54 Å². The Hall–Kier alpha value is -2.93. The molecule has 5 rings (SSSR count). The van der Waals surface area contributed by atoms with E-state index in [0.29, 0.717) is 50.2 Å². The molecule has 0 saturated carbocycles. The van der Waals surface area contributed by atoms with Crippen LogP contribution in [0.5, 0.6) is 23.0 Å². The van der Waals surface area contributed by atoms with Crippen molar-refractivity contribution >= 4 is 5.91 Å². The standard InChI is InChI=1S/C21H22N2O5/c24-21(16-2-4-17-20(12-16)26-10-9-25-17)23-7-5-22(6-8-23)13-15-1-3-18-19(11-15)28-14-27-18/h1-4,11-12H,5-10,13-14H2.